The molecule has 0 spiro atoms. The van der Waals surface area contributed by atoms with Crippen LogP contribution in [0.4, 0.5) is 5.69 Å². The number of ether oxygens (including phenoxy) is 1. The highest BCUT2D eigenvalue weighted by atomic mass is 16.5. The Morgan fingerprint density at radius 2 is 2.17 bits per heavy atom. The summed E-state index contributed by atoms with van der Waals surface area (Å²) in [6.45, 7) is 5.30. The monoisotopic (exact) mass is 250 g/mol. The maximum atomic E-state index is 11.7. The summed E-state index contributed by atoms with van der Waals surface area (Å²) in [6, 6.07) is 7.78. The van der Waals surface area contributed by atoms with E-state index in [4.69, 9.17) is 4.74 Å². The van der Waals surface area contributed by atoms with E-state index in [1.807, 2.05) is 31.2 Å². The molecule has 1 rings (SSSR count). The summed E-state index contributed by atoms with van der Waals surface area (Å²) >= 11 is 0. The van der Waals surface area contributed by atoms with E-state index < -0.39 is 0 Å². The van der Waals surface area contributed by atoms with Gasteiger partial charge in [0, 0.05) is 30.9 Å². The number of carbonyl (C=O) groups excluding carboxylic acids is 1. The lowest BCUT2D eigenvalue weighted by molar-refractivity contribution is 0.0956. The minimum atomic E-state index is -0.0408. The van der Waals surface area contributed by atoms with Crippen molar-refractivity contribution in [2.24, 2.45) is 0 Å². The summed E-state index contributed by atoms with van der Waals surface area (Å²) in [6.07, 6.45) is 0.971. The van der Waals surface area contributed by atoms with Gasteiger partial charge in [-0.05, 0) is 31.5 Å². The largest absolute Gasteiger partial charge is 0.383 e. The average Bonchev–Trinajstić information content (AvgIpc) is 2.39. The third-order valence-corrected chi connectivity index (χ3v) is 2.69. The zero-order valence-corrected chi connectivity index (χ0v) is 11.3. The molecule has 0 aliphatic rings. The fourth-order valence-electron chi connectivity index (χ4n) is 1.71. The van der Waals surface area contributed by atoms with E-state index in [0.29, 0.717) is 18.7 Å². The molecule has 4 heteroatoms. The van der Waals surface area contributed by atoms with Gasteiger partial charge in [0.1, 0.15) is 0 Å². The molecule has 100 valence electrons. The van der Waals surface area contributed by atoms with Crippen LogP contribution in [0.25, 0.3) is 0 Å². The molecule has 0 radical (unpaired) electrons. The SMILES string of the molecule is CCNC(=O)c1cccc(NC(CC)COC)c1. The second-order valence-corrected chi connectivity index (χ2v) is 4.15. The Labute approximate surface area is 109 Å². The highest BCUT2D eigenvalue weighted by molar-refractivity contribution is 5.95. The van der Waals surface area contributed by atoms with E-state index in [1.54, 1.807) is 7.11 Å². The van der Waals surface area contributed by atoms with Crippen molar-refractivity contribution in [3.8, 4) is 0 Å². The maximum absolute atomic E-state index is 11.7. The van der Waals surface area contributed by atoms with Crippen molar-refractivity contribution in [3.05, 3.63) is 29.8 Å². The fourth-order valence-corrected chi connectivity index (χ4v) is 1.71. The Morgan fingerprint density at radius 3 is 2.78 bits per heavy atom. The molecule has 0 saturated heterocycles. The number of hydrogen-bond acceptors (Lipinski definition) is 3. The van der Waals surface area contributed by atoms with Gasteiger partial charge in [-0.15, -0.1) is 0 Å². The van der Waals surface area contributed by atoms with Gasteiger partial charge in [-0.3, -0.25) is 4.79 Å². The first-order valence-electron chi connectivity index (χ1n) is 6.35. The van der Waals surface area contributed by atoms with Crippen molar-refractivity contribution in [2.45, 2.75) is 26.3 Å². The first-order chi connectivity index (χ1) is 8.71. The number of hydrogen-bond donors (Lipinski definition) is 2. The van der Waals surface area contributed by atoms with E-state index in [-0.39, 0.29) is 11.9 Å². The van der Waals surface area contributed by atoms with Crippen LogP contribution in [0.3, 0.4) is 0 Å². The summed E-state index contributed by atoms with van der Waals surface area (Å²) in [5.41, 5.74) is 1.62. The van der Waals surface area contributed by atoms with Crippen molar-refractivity contribution in [1.82, 2.24) is 5.32 Å². The van der Waals surface area contributed by atoms with Gasteiger partial charge < -0.3 is 15.4 Å². The van der Waals surface area contributed by atoms with Crippen molar-refractivity contribution in [3.63, 3.8) is 0 Å². The molecule has 0 bridgehead atoms. The van der Waals surface area contributed by atoms with Gasteiger partial charge in [-0.2, -0.15) is 0 Å². The summed E-state index contributed by atoms with van der Waals surface area (Å²) in [7, 11) is 1.69. The second-order valence-electron chi connectivity index (χ2n) is 4.15. The molecule has 0 saturated carbocycles. The molecule has 1 amide bonds. The minimum absolute atomic E-state index is 0.0408. The summed E-state index contributed by atoms with van der Waals surface area (Å²) in [4.78, 5) is 11.7. The topological polar surface area (TPSA) is 50.4 Å². The highest BCUT2D eigenvalue weighted by Crippen LogP contribution is 2.13. The van der Waals surface area contributed by atoms with Crippen LogP contribution in [0.1, 0.15) is 30.6 Å². The minimum Gasteiger partial charge on any atom is -0.383 e. The zero-order valence-electron chi connectivity index (χ0n) is 11.3. The van der Waals surface area contributed by atoms with Crippen molar-refractivity contribution < 1.29 is 9.53 Å². The first-order valence-corrected chi connectivity index (χ1v) is 6.35. The number of rotatable bonds is 7. The Kier molecular flexibility index (Phi) is 6.22. The van der Waals surface area contributed by atoms with Gasteiger partial charge in [0.2, 0.25) is 0 Å². The van der Waals surface area contributed by atoms with Crippen LogP contribution in [0, 0.1) is 0 Å². The van der Waals surface area contributed by atoms with Gasteiger partial charge >= 0.3 is 0 Å². The standard InChI is InChI=1S/C14H22N2O2/c1-4-12(10-18-3)16-13-8-6-7-11(9-13)14(17)15-5-2/h6-9,12,16H,4-5,10H2,1-3H3,(H,15,17). The van der Waals surface area contributed by atoms with Crippen LogP contribution in [0.15, 0.2) is 24.3 Å². The molecular weight excluding hydrogens is 228 g/mol. The highest BCUT2D eigenvalue weighted by Gasteiger charge is 2.08. The van der Waals surface area contributed by atoms with Crippen LogP contribution in [-0.4, -0.2) is 32.2 Å². The molecule has 2 N–H and O–H groups in total. The molecule has 1 atom stereocenters. The van der Waals surface area contributed by atoms with Crippen molar-refractivity contribution in [1.29, 1.82) is 0 Å². The summed E-state index contributed by atoms with van der Waals surface area (Å²) in [5, 5.41) is 6.15. The van der Waals surface area contributed by atoms with Gasteiger partial charge in [0.25, 0.3) is 5.91 Å². The normalized spacial score (nSPS) is 11.9. The number of benzene rings is 1. The molecule has 4 nitrogen and oxygen atoms in total. The number of anilines is 1. The van der Waals surface area contributed by atoms with Gasteiger partial charge in [-0.25, -0.2) is 0 Å². The van der Waals surface area contributed by atoms with Gasteiger partial charge in [-0.1, -0.05) is 13.0 Å². The number of methoxy groups -OCH3 is 1. The molecule has 0 aliphatic carbocycles. The number of amides is 1. The molecule has 18 heavy (non-hydrogen) atoms. The zero-order chi connectivity index (χ0) is 13.4. The summed E-state index contributed by atoms with van der Waals surface area (Å²) in [5.74, 6) is -0.0408. The molecule has 0 fully saturated rings. The quantitative estimate of drug-likeness (QED) is 0.780. The summed E-state index contributed by atoms with van der Waals surface area (Å²) < 4.78 is 5.14. The first kappa shape index (κ1) is 14.5. The van der Waals surface area contributed by atoms with Crippen molar-refractivity contribution in [2.75, 3.05) is 25.6 Å². The third kappa shape index (κ3) is 4.37. The molecule has 1 aromatic carbocycles. The van der Waals surface area contributed by atoms with E-state index in [2.05, 4.69) is 17.6 Å². The lowest BCUT2D eigenvalue weighted by Gasteiger charge is -2.17. The smallest absolute Gasteiger partial charge is 0.251 e. The van der Waals surface area contributed by atoms with Crippen LogP contribution >= 0.6 is 0 Å². The number of carbonyl (C=O) groups is 1. The average molecular weight is 250 g/mol. The third-order valence-electron chi connectivity index (χ3n) is 2.69. The van der Waals surface area contributed by atoms with Crippen LogP contribution < -0.4 is 10.6 Å². The van der Waals surface area contributed by atoms with Crippen LogP contribution in [-0.2, 0) is 4.74 Å². The van der Waals surface area contributed by atoms with Gasteiger partial charge in [0.05, 0.1) is 6.61 Å². The van der Waals surface area contributed by atoms with Crippen molar-refractivity contribution >= 4 is 11.6 Å². The number of nitrogens with one attached hydrogen (secondary N) is 2. The van der Waals surface area contributed by atoms with E-state index >= 15 is 0 Å². The Balaban J connectivity index is 2.72. The lowest BCUT2D eigenvalue weighted by Crippen LogP contribution is -2.25. The van der Waals surface area contributed by atoms with E-state index in [1.165, 1.54) is 0 Å². The Morgan fingerprint density at radius 1 is 1.39 bits per heavy atom. The molecule has 1 unspecified atom stereocenters. The van der Waals surface area contributed by atoms with E-state index in [9.17, 15) is 4.79 Å². The van der Waals surface area contributed by atoms with Crippen LogP contribution in [0.5, 0.6) is 0 Å². The van der Waals surface area contributed by atoms with Crippen LogP contribution in [0.2, 0.25) is 0 Å². The lowest BCUT2D eigenvalue weighted by atomic mass is 10.1. The van der Waals surface area contributed by atoms with Gasteiger partial charge in [0.15, 0.2) is 0 Å². The second kappa shape index (κ2) is 7.71. The predicted octanol–water partition coefficient (Wildman–Crippen LogP) is 2.27. The maximum Gasteiger partial charge on any atom is 0.251 e. The molecular formula is C14H22N2O2. The Hall–Kier alpha value is -1.55. The molecule has 0 heterocycles. The molecule has 1 aromatic rings. The van der Waals surface area contributed by atoms with E-state index in [0.717, 1.165) is 12.1 Å². The molecule has 0 aliphatic heterocycles. The predicted molar refractivity (Wildman–Crippen MR) is 74.0 cm³/mol. The Bertz CT molecular complexity index is 380. The fraction of sp³-hybridized carbons (Fsp3) is 0.500. The molecule has 0 aromatic heterocycles.